The van der Waals surface area contributed by atoms with Crippen molar-refractivity contribution in [3.63, 3.8) is 0 Å². The molecule has 0 aromatic heterocycles. The van der Waals surface area contributed by atoms with Gasteiger partial charge in [0.05, 0.1) is 7.14 Å². The second-order valence-electron chi connectivity index (χ2n) is 9.49. The van der Waals surface area contributed by atoms with E-state index in [1.807, 2.05) is 0 Å². The van der Waals surface area contributed by atoms with Gasteiger partial charge < -0.3 is 4.57 Å². The molecule has 0 aliphatic heterocycles. The van der Waals surface area contributed by atoms with Crippen LogP contribution in [0.2, 0.25) is 0 Å². The van der Waals surface area contributed by atoms with E-state index in [1.54, 1.807) is 0 Å². The highest BCUT2D eigenvalue weighted by atomic mass is 31.2. The molecule has 0 atom stereocenters. The highest BCUT2D eigenvalue weighted by molar-refractivity contribution is 7.63. The van der Waals surface area contributed by atoms with Crippen LogP contribution in [0.5, 0.6) is 0 Å². The van der Waals surface area contributed by atoms with Crippen LogP contribution in [0.1, 0.15) is 156 Å². The van der Waals surface area contributed by atoms with Gasteiger partial charge in [-0.15, -0.1) is 0 Å². The van der Waals surface area contributed by atoms with E-state index in [0.29, 0.717) is 0 Å². The lowest BCUT2D eigenvalue weighted by Crippen LogP contribution is -1.95. The molecule has 0 N–H and O–H groups in total. The second-order valence-corrected chi connectivity index (χ2v) is 13.3. The monoisotopic (exact) mass is 428 g/mol. The zero-order valence-corrected chi connectivity index (χ0v) is 21.7. The van der Waals surface area contributed by atoms with Crippen LogP contribution < -0.4 is 0 Å². The molecule has 0 spiro atoms. The highest BCUT2D eigenvalue weighted by Gasteiger charge is 2.15. The molecule has 0 aromatic carbocycles. The van der Waals surface area contributed by atoms with E-state index in [9.17, 15) is 4.57 Å². The Labute approximate surface area is 186 Å². The van der Waals surface area contributed by atoms with Crippen LogP contribution in [0.3, 0.4) is 0 Å². The van der Waals surface area contributed by atoms with Crippen molar-refractivity contribution in [2.75, 3.05) is 18.5 Å². The fourth-order valence-corrected chi connectivity index (χ4v) is 6.25. The molecule has 0 radical (unpaired) electrons. The van der Waals surface area contributed by atoms with Crippen LogP contribution in [0.4, 0.5) is 0 Å². The number of hydrogen-bond donors (Lipinski definition) is 0. The summed E-state index contributed by atoms with van der Waals surface area (Å²) in [6.07, 6.45) is 32.7. The molecule has 0 fully saturated rings. The van der Waals surface area contributed by atoms with E-state index in [0.717, 1.165) is 18.5 Å². The number of rotatable bonds is 24. The van der Waals surface area contributed by atoms with Crippen molar-refractivity contribution < 1.29 is 4.57 Å². The van der Waals surface area contributed by atoms with Gasteiger partial charge in [-0.1, -0.05) is 149 Å². The minimum Gasteiger partial charge on any atom is -0.324 e. The molecule has 29 heavy (non-hydrogen) atoms. The van der Waals surface area contributed by atoms with Gasteiger partial charge in [-0.2, -0.15) is 0 Å². The molecule has 0 aliphatic rings. The van der Waals surface area contributed by atoms with E-state index >= 15 is 0 Å². The minimum atomic E-state index is -1.78. The quantitative estimate of drug-likeness (QED) is 0.110. The maximum atomic E-state index is 12.4. The van der Waals surface area contributed by atoms with Crippen LogP contribution in [0.25, 0.3) is 0 Å². The molecule has 0 rings (SSSR count). The fraction of sp³-hybridized carbons (Fsp3) is 1.00. The molecule has 176 valence electrons. The van der Waals surface area contributed by atoms with Crippen molar-refractivity contribution >= 4 is 7.14 Å². The van der Waals surface area contributed by atoms with Gasteiger partial charge in [0.25, 0.3) is 0 Å². The first-order valence-corrected chi connectivity index (χ1v) is 16.0. The lowest BCUT2D eigenvalue weighted by atomic mass is 10.0. The van der Waals surface area contributed by atoms with Crippen molar-refractivity contribution in [2.45, 2.75) is 156 Å². The third kappa shape index (κ3) is 21.3. The number of hydrogen-bond acceptors (Lipinski definition) is 1. The SMILES string of the molecule is CCCCCCCCCCCCCCCCCCCCCCCP(=O)(CC)CC. The molecule has 0 heterocycles. The van der Waals surface area contributed by atoms with Gasteiger partial charge in [-0.05, 0) is 18.7 Å². The molecule has 0 bridgehead atoms. The maximum Gasteiger partial charge on any atom is 0.0872 e. The summed E-state index contributed by atoms with van der Waals surface area (Å²) in [6.45, 7) is 6.49. The van der Waals surface area contributed by atoms with E-state index in [1.165, 1.54) is 135 Å². The summed E-state index contributed by atoms with van der Waals surface area (Å²) in [6, 6.07) is 0. The molecule has 1 nitrogen and oxygen atoms in total. The normalized spacial score (nSPS) is 12.0. The standard InChI is InChI=1S/C27H57OP/c1-4-7-8-9-10-11-12-13-14-15-16-17-18-19-20-21-22-23-24-25-26-27-29(28,5-2)6-3/h4-27H2,1-3H3. The summed E-state index contributed by atoms with van der Waals surface area (Å²) >= 11 is 0. The zero-order chi connectivity index (χ0) is 21.5. The van der Waals surface area contributed by atoms with Crippen molar-refractivity contribution in [1.82, 2.24) is 0 Å². The second kappa shape index (κ2) is 22.9. The highest BCUT2D eigenvalue weighted by Crippen LogP contribution is 2.45. The molecular weight excluding hydrogens is 371 g/mol. The summed E-state index contributed by atoms with van der Waals surface area (Å²) in [5.74, 6) is 0. The Hall–Kier alpha value is 0.230. The Morgan fingerprint density at radius 1 is 0.379 bits per heavy atom. The van der Waals surface area contributed by atoms with Crippen LogP contribution in [0.15, 0.2) is 0 Å². The molecule has 2 heteroatoms. The predicted molar refractivity (Wildman–Crippen MR) is 136 cm³/mol. The molecule has 0 aromatic rings. The molecular formula is C27H57OP. The van der Waals surface area contributed by atoms with Gasteiger partial charge in [0.15, 0.2) is 0 Å². The predicted octanol–water partition coefficient (Wildman–Crippen LogP) is 10.6. The van der Waals surface area contributed by atoms with Gasteiger partial charge >= 0.3 is 0 Å². The molecule has 0 saturated heterocycles. The van der Waals surface area contributed by atoms with Crippen molar-refractivity contribution in [3.05, 3.63) is 0 Å². The van der Waals surface area contributed by atoms with E-state index in [2.05, 4.69) is 20.8 Å². The lowest BCUT2D eigenvalue weighted by Gasteiger charge is -2.13. The van der Waals surface area contributed by atoms with Crippen LogP contribution in [-0.4, -0.2) is 18.5 Å². The van der Waals surface area contributed by atoms with Gasteiger partial charge in [-0.25, -0.2) is 0 Å². The summed E-state index contributed by atoms with van der Waals surface area (Å²) in [5, 5.41) is 0. The Balaban J connectivity index is 3.11. The largest absolute Gasteiger partial charge is 0.324 e. The van der Waals surface area contributed by atoms with Crippen LogP contribution in [0, 0.1) is 0 Å². The van der Waals surface area contributed by atoms with Gasteiger partial charge in [0.2, 0.25) is 0 Å². The Morgan fingerprint density at radius 3 is 0.862 bits per heavy atom. The first-order valence-electron chi connectivity index (χ1n) is 13.8. The topological polar surface area (TPSA) is 17.1 Å². The smallest absolute Gasteiger partial charge is 0.0872 e. The average Bonchev–Trinajstić information content (AvgIpc) is 2.74. The summed E-state index contributed by atoms with van der Waals surface area (Å²) in [4.78, 5) is 0. The Kier molecular flexibility index (Phi) is 23.1. The Morgan fingerprint density at radius 2 is 0.621 bits per heavy atom. The summed E-state index contributed by atoms with van der Waals surface area (Å²) < 4.78 is 12.4. The van der Waals surface area contributed by atoms with Crippen molar-refractivity contribution in [1.29, 1.82) is 0 Å². The first-order chi connectivity index (χ1) is 14.2. The third-order valence-electron chi connectivity index (χ3n) is 6.82. The Bertz CT molecular complexity index is 344. The minimum absolute atomic E-state index is 0.905. The maximum absolute atomic E-state index is 12.4. The van der Waals surface area contributed by atoms with E-state index in [4.69, 9.17) is 0 Å². The van der Waals surface area contributed by atoms with E-state index < -0.39 is 7.14 Å². The average molecular weight is 429 g/mol. The van der Waals surface area contributed by atoms with Crippen LogP contribution >= 0.6 is 7.14 Å². The third-order valence-corrected chi connectivity index (χ3v) is 10.3. The van der Waals surface area contributed by atoms with Gasteiger partial charge in [0, 0.05) is 6.16 Å². The van der Waals surface area contributed by atoms with Gasteiger partial charge in [-0.3, -0.25) is 0 Å². The number of unbranched alkanes of at least 4 members (excludes halogenated alkanes) is 20. The van der Waals surface area contributed by atoms with Crippen molar-refractivity contribution in [2.24, 2.45) is 0 Å². The molecule has 0 amide bonds. The van der Waals surface area contributed by atoms with Crippen LogP contribution in [-0.2, 0) is 4.57 Å². The summed E-state index contributed by atoms with van der Waals surface area (Å²) in [7, 11) is -1.78. The summed E-state index contributed by atoms with van der Waals surface area (Å²) in [5.41, 5.74) is 0. The van der Waals surface area contributed by atoms with Gasteiger partial charge in [0.1, 0.15) is 0 Å². The molecule has 0 saturated carbocycles. The fourth-order valence-electron chi connectivity index (χ4n) is 4.37. The molecule has 0 unspecified atom stereocenters. The lowest BCUT2D eigenvalue weighted by molar-refractivity contribution is 0.521. The van der Waals surface area contributed by atoms with Crippen molar-refractivity contribution in [3.8, 4) is 0 Å². The first kappa shape index (κ1) is 29.2. The van der Waals surface area contributed by atoms with E-state index in [-0.39, 0.29) is 0 Å². The zero-order valence-electron chi connectivity index (χ0n) is 20.8. The molecule has 0 aliphatic carbocycles.